The predicted molar refractivity (Wildman–Crippen MR) is 151 cm³/mol. The molecule has 0 aliphatic rings. The van der Waals surface area contributed by atoms with Crippen molar-refractivity contribution >= 4 is 47.4 Å². The van der Waals surface area contributed by atoms with Gasteiger partial charge in [-0.3, -0.25) is 9.59 Å². The van der Waals surface area contributed by atoms with Crippen LogP contribution in [0, 0.1) is 0 Å². The Hall–Kier alpha value is -3.72. The van der Waals surface area contributed by atoms with Crippen LogP contribution in [0.2, 0.25) is 0 Å². The topological polar surface area (TPSA) is 86.7 Å². The summed E-state index contributed by atoms with van der Waals surface area (Å²) in [6.07, 6.45) is 0. The van der Waals surface area contributed by atoms with Crippen molar-refractivity contribution in [2.24, 2.45) is 0 Å². The Kier molecular flexibility index (Phi) is 8.46. The van der Waals surface area contributed by atoms with Crippen LogP contribution >= 0.6 is 14.3 Å². The molecule has 0 saturated heterocycles. The summed E-state index contributed by atoms with van der Waals surface area (Å²) in [5.41, 5.74) is -3.29. The summed E-state index contributed by atoms with van der Waals surface area (Å²) in [7, 11) is -5.70. The average Bonchev–Trinajstić information content (AvgIpc) is 3.00. The minimum absolute atomic E-state index is 0.336. The third kappa shape index (κ3) is 4.90. The molecular formula is C30H28O6P2. The van der Waals surface area contributed by atoms with Crippen molar-refractivity contribution in [3.63, 3.8) is 0 Å². The third-order valence-electron chi connectivity index (χ3n) is 6.53. The molecule has 0 amide bonds. The summed E-state index contributed by atoms with van der Waals surface area (Å²) in [5, 5.41) is 1.35. The van der Waals surface area contributed by atoms with E-state index in [0.29, 0.717) is 21.2 Å². The summed E-state index contributed by atoms with van der Waals surface area (Å²) in [6, 6.07) is 33.9. The number of benzene rings is 4. The fourth-order valence-electron chi connectivity index (χ4n) is 4.73. The van der Waals surface area contributed by atoms with Crippen LogP contribution in [-0.4, -0.2) is 37.5 Å². The average molecular weight is 546 g/mol. The predicted octanol–water partition coefficient (Wildman–Crippen LogP) is 4.10. The van der Waals surface area contributed by atoms with Crippen molar-refractivity contribution in [1.29, 1.82) is 0 Å². The first-order valence-corrected chi connectivity index (χ1v) is 15.5. The van der Waals surface area contributed by atoms with Crippen LogP contribution in [0.4, 0.5) is 0 Å². The fraction of sp³-hybridized carbons (Fsp3) is 0.133. The van der Waals surface area contributed by atoms with Crippen LogP contribution in [0.5, 0.6) is 0 Å². The molecule has 0 N–H and O–H groups in total. The first kappa shape index (κ1) is 27.3. The van der Waals surface area contributed by atoms with E-state index < -0.39 is 37.5 Å². The second kappa shape index (κ2) is 11.8. The van der Waals surface area contributed by atoms with Crippen molar-refractivity contribution in [3.05, 3.63) is 121 Å². The molecule has 4 aromatic carbocycles. The largest absolute Gasteiger partial charge is 0.468 e. The van der Waals surface area contributed by atoms with Crippen LogP contribution in [0.1, 0.15) is 0 Å². The van der Waals surface area contributed by atoms with Gasteiger partial charge in [0.2, 0.25) is 0 Å². The van der Waals surface area contributed by atoms with Gasteiger partial charge in [0, 0.05) is 21.2 Å². The Bertz CT molecular complexity index is 1270. The van der Waals surface area contributed by atoms with Gasteiger partial charge in [0.15, 0.2) is 14.3 Å². The molecule has 0 aliphatic heterocycles. The van der Waals surface area contributed by atoms with Crippen molar-refractivity contribution < 1.29 is 28.2 Å². The third-order valence-corrected chi connectivity index (χ3v) is 13.6. The van der Waals surface area contributed by atoms with Crippen LogP contribution in [0.25, 0.3) is 0 Å². The van der Waals surface area contributed by atoms with Crippen molar-refractivity contribution in [3.8, 4) is 0 Å². The van der Waals surface area contributed by atoms with E-state index in [1.165, 1.54) is 14.2 Å². The molecule has 194 valence electrons. The van der Waals surface area contributed by atoms with Crippen molar-refractivity contribution in [2.45, 2.75) is 11.3 Å². The molecule has 0 spiro atoms. The number of hydrogen-bond acceptors (Lipinski definition) is 6. The molecule has 6 nitrogen and oxygen atoms in total. The molecule has 4 aromatic rings. The van der Waals surface area contributed by atoms with Gasteiger partial charge in [-0.25, -0.2) is 0 Å². The minimum Gasteiger partial charge on any atom is -0.468 e. The van der Waals surface area contributed by atoms with Gasteiger partial charge in [-0.05, 0) is 0 Å². The van der Waals surface area contributed by atoms with E-state index in [-0.39, 0.29) is 0 Å². The molecule has 0 bridgehead atoms. The molecular weight excluding hydrogens is 518 g/mol. The maximum atomic E-state index is 15.5. The molecule has 0 fully saturated rings. The highest BCUT2D eigenvalue weighted by Crippen LogP contribution is 2.60. The zero-order chi connectivity index (χ0) is 27.2. The normalized spacial score (nSPS) is 13.2. The fourth-order valence-corrected chi connectivity index (χ4v) is 12.0. The molecule has 4 rings (SSSR count). The summed E-state index contributed by atoms with van der Waals surface area (Å²) < 4.78 is 41.3. The van der Waals surface area contributed by atoms with E-state index in [9.17, 15) is 9.59 Å². The number of ether oxygens (including phenoxy) is 2. The van der Waals surface area contributed by atoms with E-state index in [2.05, 4.69) is 0 Å². The molecule has 0 heterocycles. The van der Waals surface area contributed by atoms with Crippen LogP contribution < -0.4 is 21.2 Å². The Morgan fingerprint density at radius 1 is 0.474 bits per heavy atom. The maximum absolute atomic E-state index is 15.5. The highest BCUT2D eigenvalue weighted by Gasteiger charge is 2.57. The number of carbonyl (C=O) groups excluding carboxylic acids is 2. The van der Waals surface area contributed by atoms with E-state index in [1.807, 2.05) is 0 Å². The molecule has 0 radical (unpaired) electrons. The standard InChI is InChI=1S/C30H28O6P2/c1-35-29(31)27(37(33,23-15-7-3-8-16-23)24-17-9-4-10-18-24)28(30(32)36-2)38(34,25-19-11-5-12-20-25)26-21-13-6-14-22-26/h3-22,27-28H,1-2H3. The lowest BCUT2D eigenvalue weighted by molar-refractivity contribution is -0.146. The Labute approximate surface area is 222 Å². The van der Waals surface area contributed by atoms with Crippen LogP contribution in [-0.2, 0) is 28.2 Å². The second-order valence-corrected chi connectivity index (χ2v) is 14.4. The van der Waals surface area contributed by atoms with Gasteiger partial charge in [0.05, 0.1) is 14.2 Å². The molecule has 38 heavy (non-hydrogen) atoms. The van der Waals surface area contributed by atoms with E-state index in [0.717, 1.165) is 0 Å². The lowest BCUT2D eigenvalue weighted by atomic mass is 10.3. The van der Waals surface area contributed by atoms with Gasteiger partial charge in [-0.15, -0.1) is 0 Å². The Balaban J connectivity index is 2.13. The van der Waals surface area contributed by atoms with Gasteiger partial charge in [0.25, 0.3) is 0 Å². The second-order valence-electron chi connectivity index (χ2n) is 8.59. The molecule has 0 saturated carbocycles. The lowest BCUT2D eigenvalue weighted by Gasteiger charge is -2.36. The van der Waals surface area contributed by atoms with E-state index >= 15 is 9.13 Å². The number of esters is 2. The van der Waals surface area contributed by atoms with Crippen LogP contribution in [0.3, 0.4) is 0 Å². The zero-order valence-electron chi connectivity index (χ0n) is 21.0. The summed E-state index contributed by atoms with van der Waals surface area (Å²) in [4.78, 5) is 27.5. The number of methoxy groups -OCH3 is 2. The van der Waals surface area contributed by atoms with E-state index in [1.54, 1.807) is 121 Å². The molecule has 0 aliphatic carbocycles. The number of hydrogen-bond donors (Lipinski definition) is 0. The van der Waals surface area contributed by atoms with Gasteiger partial charge in [0.1, 0.15) is 11.3 Å². The van der Waals surface area contributed by atoms with Gasteiger partial charge < -0.3 is 18.6 Å². The van der Waals surface area contributed by atoms with E-state index in [4.69, 9.17) is 9.47 Å². The summed E-state index contributed by atoms with van der Waals surface area (Å²) in [6.45, 7) is 0. The zero-order valence-corrected chi connectivity index (χ0v) is 22.8. The molecule has 0 aromatic heterocycles. The van der Waals surface area contributed by atoms with Crippen molar-refractivity contribution in [1.82, 2.24) is 0 Å². The summed E-state index contributed by atoms with van der Waals surface area (Å²) >= 11 is 0. The van der Waals surface area contributed by atoms with Gasteiger partial charge >= 0.3 is 11.9 Å². The first-order valence-electron chi connectivity index (χ1n) is 12.0. The van der Waals surface area contributed by atoms with Crippen LogP contribution in [0.15, 0.2) is 121 Å². The maximum Gasteiger partial charge on any atom is 0.318 e. The van der Waals surface area contributed by atoms with Gasteiger partial charge in [-0.1, -0.05) is 121 Å². The Morgan fingerprint density at radius 2 is 0.684 bits per heavy atom. The molecule has 2 atom stereocenters. The highest BCUT2D eigenvalue weighted by molar-refractivity contribution is 7.84. The quantitative estimate of drug-likeness (QED) is 0.232. The summed E-state index contributed by atoms with van der Waals surface area (Å²) in [5.74, 6) is -1.83. The number of carbonyl (C=O) groups is 2. The Morgan fingerprint density at radius 3 is 0.868 bits per heavy atom. The minimum atomic E-state index is -4.02. The monoisotopic (exact) mass is 546 g/mol. The SMILES string of the molecule is COC(=O)C(C(C(=O)OC)P(=O)(c1ccccc1)c1ccccc1)P(=O)(c1ccccc1)c1ccccc1. The van der Waals surface area contributed by atoms with Crippen molar-refractivity contribution in [2.75, 3.05) is 14.2 Å². The van der Waals surface area contributed by atoms with Gasteiger partial charge in [-0.2, -0.15) is 0 Å². The smallest absolute Gasteiger partial charge is 0.318 e. The number of rotatable bonds is 9. The molecule has 8 heteroatoms. The first-order chi connectivity index (χ1) is 18.4. The lowest BCUT2D eigenvalue weighted by Crippen LogP contribution is -2.48. The molecule has 2 unspecified atom stereocenters. The highest BCUT2D eigenvalue weighted by atomic mass is 31.2.